The second-order valence-corrected chi connectivity index (χ2v) is 8.38. The van der Waals surface area contributed by atoms with E-state index in [1.807, 2.05) is 24.7 Å². The van der Waals surface area contributed by atoms with E-state index in [2.05, 4.69) is 53.7 Å². The Morgan fingerprint density at radius 3 is 2.93 bits per heavy atom. The molecule has 0 spiro atoms. The predicted molar refractivity (Wildman–Crippen MR) is 114 cm³/mol. The Morgan fingerprint density at radius 1 is 1.25 bits per heavy atom. The third kappa shape index (κ3) is 4.79. The van der Waals surface area contributed by atoms with Crippen molar-refractivity contribution in [1.29, 1.82) is 0 Å². The number of aromatic nitrogens is 3. The molecule has 2 aromatic rings. The number of likely N-dealkylation sites (tertiary alicyclic amines) is 1. The monoisotopic (exact) mass is 446 g/mol. The lowest BCUT2D eigenvalue weighted by Gasteiger charge is -2.38. The molecule has 0 amide bonds. The summed E-state index contributed by atoms with van der Waals surface area (Å²) in [5, 5.41) is 0. The fourth-order valence-electron chi connectivity index (χ4n) is 3.93. The molecule has 0 radical (unpaired) electrons. The molecule has 2 fully saturated rings. The fourth-order valence-corrected chi connectivity index (χ4v) is 4.34. The summed E-state index contributed by atoms with van der Waals surface area (Å²) in [5.74, 6) is 1.80. The molecule has 4 heterocycles. The third-order valence-corrected chi connectivity index (χ3v) is 5.91. The van der Waals surface area contributed by atoms with Gasteiger partial charge < -0.3 is 14.5 Å². The first kappa shape index (κ1) is 19.5. The summed E-state index contributed by atoms with van der Waals surface area (Å²) in [7, 11) is 2.12. The summed E-state index contributed by atoms with van der Waals surface area (Å²) < 4.78 is 6.49. The van der Waals surface area contributed by atoms with E-state index in [0.717, 1.165) is 68.6 Å². The Morgan fingerprint density at radius 2 is 2.11 bits per heavy atom. The summed E-state index contributed by atoms with van der Waals surface area (Å²) in [4.78, 5) is 20.7. The van der Waals surface area contributed by atoms with Gasteiger partial charge in [0, 0.05) is 62.3 Å². The molecule has 0 aromatic carbocycles. The van der Waals surface area contributed by atoms with E-state index < -0.39 is 0 Å². The van der Waals surface area contributed by atoms with Crippen LogP contribution in [0.3, 0.4) is 0 Å². The van der Waals surface area contributed by atoms with Gasteiger partial charge in [-0.25, -0.2) is 4.98 Å². The maximum absolute atomic E-state index is 5.45. The highest BCUT2D eigenvalue weighted by atomic mass is 79.9. The number of halogens is 1. The summed E-state index contributed by atoms with van der Waals surface area (Å²) in [6.07, 6.45) is 7.99. The Hall–Kier alpha value is -1.77. The largest absolute Gasteiger partial charge is 0.378 e. The average Bonchev–Trinajstić information content (AvgIpc) is 2.74. The molecule has 8 heteroatoms. The molecule has 150 valence electrons. The predicted octanol–water partition coefficient (Wildman–Crippen LogP) is 2.57. The molecule has 0 N–H and O–H groups in total. The van der Waals surface area contributed by atoms with Gasteiger partial charge in [0.15, 0.2) is 0 Å². The van der Waals surface area contributed by atoms with Crippen molar-refractivity contribution in [2.45, 2.75) is 25.4 Å². The number of hydrogen-bond donors (Lipinski definition) is 0. The zero-order valence-electron chi connectivity index (χ0n) is 16.3. The highest BCUT2D eigenvalue weighted by molar-refractivity contribution is 9.10. The van der Waals surface area contributed by atoms with Crippen molar-refractivity contribution in [3.63, 3.8) is 0 Å². The summed E-state index contributed by atoms with van der Waals surface area (Å²) >= 11 is 3.51. The second-order valence-electron chi connectivity index (χ2n) is 7.47. The molecule has 7 nitrogen and oxygen atoms in total. The maximum atomic E-state index is 5.45. The molecule has 2 aliphatic rings. The smallest absolute Gasteiger partial charge is 0.227 e. The van der Waals surface area contributed by atoms with Crippen LogP contribution in [0, 0.1) is 0 Å². The number of ether oxygens (including phenoxy) is 1. The molecule has 4 rings (SSSR count). The van der Waals surface area contributed by atoms with Crippen LogP contribution >= 0.6 is 15.9 Å². The normalized spacial score (nSPS) is 20.9. The minimum absolute atomic E-state index is 0.411. The van der Waals surface area contributed by atoms with Crippen LogP contribution in [-0.2, 0) is 11.3 Å². The van der Waals surface area contributed by atoms with Gasteiger partial charge in [-0.2, -0.15) is 4.98 Å². The van der Waals surface area contributed by atoms with E-state index in [4.69, 9.17) is 9.72 Å². The molecule has 1 atom stereocenters. The van der Waals surface area contributed by atoms with Crippen molar-refractivity contribution >= 4 is 27.7 Å². The number of anilines is 2. The molecular weight excluding hydrogens is 420 g/mol. The molecule has 0 bridgehead atoms. The number of rotatable bonds is 5. The van der Waals surface area contributed by atoms with E-state index in [1.165, 1.54) is 12.0 Å². The average molecular weight is 447 g/mol. The van der Waals surface area contributed by atoms with Crippen molar-refractivity contribution in [3.05, 3.63) is 40.8 Å². The lowest BCUT2D eigenvalue weighted by atomic mass is 10.0. The molecule has 0 saturated carbocycles. The molecule has 2 saturated heterocycles. The van der Waals surface area contributed by atoms with E-state index in [1.54, 1.807) is 0 Å². The highest BCUT2D eigenvalue weighted by Gasteiger charge is 2.25. The minimum Gasteiger partial charge on any atom is -0.378 e. The Labute approximate surface area is 174 Å². The first-order chi connectivity index (χ1) is 13.7. The summed E-state index contributed by atoms with van der Waals surface area (Å²) in [6.45, 7) is 6.34. The van der Waals surface area contributed by atoms with E-state index in [-0.39, 0.29) is 0 Å². The van der Waals surface area contributed by atoms with Crippen LogP contribution in [0.5, 0.6) is 0 Å². The van der Waals surface area contributed by atoms with Crippen molar-refractivity contribution in [2.24, 2.45) is 0 Å². The molecule has 2 aromatic heterocycles. The number of nitrogens with zero attached hydrogens (tertiary/aromatic N) is 6. The van der Waals surface area contributed by atoms with Crippen molar-refractivity contribution in [1.82, 2.24) is 19.9 Å². The van der Waals surface area contributed by atoms with Gasteiger partial charge in [-0.1, -0.05) is 0 Å². The van der Waals surface area contributed by atoms with Crippen molar-refractivity contribution in [2.75, 3.05) is 56.2 Å². The van der Waals surface area contributed by atoms with Crippen LogP contribution in [-0.4, -0.2) is 72.3 Å². The Kier molecular flexibility index (Phi) is 6.39. The fraction of sp³-hybridized carbons (Fsp3) is 0.550. The van der Waals surface area contributed by atoms with E-state index in [0.29, 0.717) is 6.04 Å². The minimum atomic E-state index is 0.411. The summed E-state index contributed by atoms with van der Waals surface area (Å²) in [6, 6.07) is 4.56. The van der Waals surface area contributed by atoms with Gasteiger partial charge in [0.2, 0.25) is 5.95 Å². The first-order valence-electron chi connectivity index (χ1n) is 9.89. The lowest BCUT2D eigenvalue weighted by Crippen LogP contribution is -2.47. The van der Waals surface area contributed by atoms with Gasteiger partial charge in [-0.3, -0.25) is 9.88 Å². The lowest BCUT2D eigenvalue weighted by molar-refractivity contribution is 0.122. The molecular formula is C20H27BrN6O. The van der Waals surface area contributed by atoms with Crippen LogP contribution in [0.25, 0.3) is 0 Å². The van der Waals surface area contributed by atoms with Gasteiger partial charge in [0.1, 0.15) is 5.82 Å². The number of pyridine rings is 1. The number of hydrogen-bond acceptors (Lipinski definition) is 7. The second kappa shape index (κ2) is 9.15. The van der Waals surface area contributed by atoms with E-state index >= 15 is 0 Å². The maximum Gasteiger partial charge on any atom is 0.227 e. The van der Waals surface area contributed by atoms with Crippen molar-refractivity contribution < 1.29 is 4.74 Å². The third-order valence-electron chi connectivity index (χ3n) is 5.47. The number of morpholine rings is 1. The van der Waals surface area contributed by atoms with Crippen LogP contribution in [0.15, 0.2) is 35.2 Å². The molecule has 1 unspecified atom stereocenters. The van der Waals surface area contributed by atoms with Crippen LogP contribution in [0.1, 0.15) is 18.4 Å². The number of likely N-dealkylation sites (N-methyl/N-ethyl adjacent to an activating group) is 1. The quantitative estimate of drug-likeness (QED) is 0.699. The van der Waals surface area contributed by atoms with E-state index in [9.17, 15) is 0 Å². The standard InChI is InChI=1S/C20H27BrN6O/c1-25(20-23-5-4-19(24-20)27-7-9-28-10-8-27)18-3-2-6-26(15-18)14-16-11-17(21)13-22-12-16/h4-5,11-13,18H,2-3,6-10,14-15H2,1H3. The first-order valence-corrected chi connectivity index (χ1v) is 10.7. The molecule has 2 aliphatic heterocycles. The van der Waals surface area contributed by atoms with Gasteiger partial charge in [0.25, 0.3) is 0 Å². The van der Waals surface area contributed by atoms with Gasteiger partial charge in [-0.05, 0) is 53.0 Å². The van der Waals surface area contributed by atoms with Crippen molar-refractivity contribution in [3.8, 4) is 0 Å². The molecule has 28 heavy (non-hydrogen) atoms. The number of piperidine rings is 1. The zero-order chi connectivity index (χ0) is 19.3. The van der Waals surface area contributed by atoms with Crippen LogP contribution in [0.2, 0.25) is 0 Å². The van der Waals surface area contributed by atoms with Gasteiger partial charge in [-0.15, -0.1) is 0 Å². The van der Waals surface area contributed by atoms with Gasteiger partial charge in [0.05, 0.1) is 13.2 Å². The Balaban J connectivity index is 1.41. The topological polar surface area (TPSA) is 57.6 Å². The Bertz CT molecular complexity index is 785. The van der Waals surface area contributed by atoms with Crippen LogP contribution < -0.4 is 9.80 Å². The van der Waals surface area contributed by atoms with Crippen LogP contribution in [0.4, 0.5) is 11.8 Å². The molecule has 0 aliphatic carbocycles. The van der Waals surface area contributed by atoms with Gasteiger partial charge >= 0.3 is 0 Å². The SMILES string of the molecule is CN(c1nccc(N2CCOCC2)n1)C1CCCN(Cc2cncc(Br)c2)C1. The summed E-state index contributed by atoms with van der Waals surface area (Å²) in [5.41, 5.74) is 1.24. The highest BCUT2D eigenvalue weighted by Crippen LogP contribution is 2.22. The zero-order valence-corrected chi connectivity index (χ0v) is 17.9.